The first kappa shape index (κ1) is 15.0. The van der Waals surface area contributed by atoms with Crippen molar-refractivity contribution < 1.29 is 14.6 Å². The van der Waals surface area contributed by atoms with Crippen molar-refractivity contribution in [3.63, 3.8) is 0 Å². The molecule has 1 aliphatic rings. The second-order valence-corrected chi connectivity index (χ2v) is 5.90. The number of hydrogen-bond acceptors (Lipinski definition) is 4. The first-order valence-electron chi connectivity index (χ1n) is 6.72. The Balaban J connectivity index is 1.93. The first-order valence-corrected chi connectivity index (χ1v) is 7.54. The summed E-state index contributed by atoms with van der Waals surface area (Å²) in [5.74, 6) is 6.07. The van der Waals surface area contributed by atoms with Crippen molar-refractivity contribution in [1.29, 1.82) is 0 Å². The fourth-order valence-corrected chi connectivity index (χ4v) is 3.19. The third-order valence-corrected chi connectivity index (χ3v) is 4.40. The van der Waals surface area contributed by atoms with Crippen molar-refractivity contribution in [2.45, 2.75) is 12.8 Å². The van der Waals surface area contributed by atoms with Gasteiger partial charge in [-0.15, -0.1) is 11.3 Å². The van der Waals surface area contributed by atoms with Gasteiger partial charge in [-0.3, -0.25) is 4.79 Å². The summed E-state index contributed by atoms with van der Waals surface area (Å²) < 4.78 is 5.17. The van der Waals surface area contributed by atoms with Gasteiger partial charge in [0.2, 0.25) is 0 Å². The third kappa shape index (κ3) is 3.83. The lowest BCUT2D eigenvalue weighted by atomic mass is 9.98. The number of amides is 1. The van der Waals surface area contributed by atoms with Crippen molar-refractivity contribution in [3.05, 3.63) is 21.9 Å². The second-order valence-electron chi connectivity index (χ2n) is 4.81. The average Bonchev–Trinajstić information content (AvgIpc) is 2.94. The van der Waals surface area contributed by atoms with Crippen molar-refractivity contribution in [3.8, 4) is 11.8 Å². The lowest BCUT2D eigenvalue weighted by Crippen LogP contribution is -2.39. The molecule has 20 heavy (non-hydrogen) atoms. The number of carbonyl (C=O) groups is 1. The minimum Gasteiger partial charge on any atom is -0.384 e. The van der Waals surface area contributed by atoms with Gasteiger partial charge in [-0.05, 0) is 30.9 Å². The van der Waals surface area contributed by atoms with Crippen LogP contribution in [0, 0.1) is 17.8 Å². The lowest BCUT2D eigenvalue weighted by molar-refractivity contribution is 0.0618. The number of methoxy groups -OCH3 is 1. The molecule has 0 bridgehead atoms. The predicted octanol–water partition coefficient (Wildman–Crippen LogP) is 1.59. The number of aliphatic hydroxyl groups excluding tert-OH is 1. The van der Waals surface area contributed by atoms with Crippen molar-refractivity contribution >= 4 is 17.2 Å². The van der Waals surface area contributed by atoms with E-state index in [2.05, 4.69) is 11.8 Å². The van der Waals surface area contributed by atoms with Gasteiger partial charge >= 0.3 is 0 Å². The van der Waals surface area contributed by atoms with Crippen LogP contribution in [0.25, 0.3) is 0 Å². The van der Waals surface area contributed by atoms with Gasteiger partial charge in [0.25, 0.3) is 5.91 Å². The van der Waals surface area contributed by atoms with Gasteiger partial charge in [-0.2, -0.15) is 0 Å². The van der Waals surface area contributed by atoms with E-state index in [1.165, 1.54) is 11.3 Å². The molecule has 0 atom stereocenters. The molecule has 5 heteroatoms. The number of hydrogen-bond donors (Lipinski definition) is 1. The molecule has 1 aromatic rings. The number of thiophene rings is 1. The molecule has 0 aromatic carbocycles. The van der Waals surface area contributed by atoms with Gasteiger partial charge in [0.1, 0.15) is 6.61 Å². The largest absolute Gasteiger partial charge is 0.384 e. The van der Waals surface area contributed by atoms with Gasteiger partial charge in [0.05, 0.1) is 9.75 Å². The molecule has 0 radical (unpaired) electrons. The standard InChI is InChI=1S/C15H19NO3S/c1-19-11-12-6-8-16(9-7-12)15(18)14-5-4-13(20-14)3-2-10-17/h4-5,12,17H,6-11H2,1H3. The van der Waals surface area contributed by atoms with E-state index in [9.17, 15) is 4.79 Å². The Bertz CT molecular complexity index is 507. The molecule has 1 N–H and O–H groups in total. The summed E-state index contributed by atoms with van der Waals surface area (Å²) >= 11 is 1.39. The lowest BCUT2D eigenvalue weighted by Gasteiger charge is -2.31. The SMILES string of the molecule is COCC1CCN(C(=O)c2ccc(C#CCO)s2)CC1. The highest BCUT2D eigenvalue weighted by Gasteiger charge is 2.24. The van der Waals surface area contributed by atoms with Crippen LogP contribution in [0.4, 0.5) is 0 Å². The van der Waals surface area contributed by atoms with E-state index in [1.54, 1.807) is 7.11 Å². The van der Waals surface area contributed by atoms with Gasteiger partial charge in [0, 0.05) is 26.8 Å². The van der Waals surface area contributed by atoms with E-state index >= 15 is 0 Å². The molecule has 1 saturated heterocycles. The van der Waals surface area contributed by atoms with E-state index in [4.69, 9.17) is 9.84 Å². The summed E-state index contributed by atoms with van der Waals surface area (Å²) in [6, 6.07) is 3.65. The molecule has 2 rings (SSSR count). The zero-order chi connectivity index (χ0) is 14.4. The van der Waals surface area contributed by atoms with Crippen LogP contribution in [0.1, 0.15) is 27.4 Å². The Morgan fingerprint density at radius 1 is 1.50 bits per heavy atom. The van der Waals surface area contributed by atoms with Crippen LogP contribution in [0.2, 0.25) is 0 Å². The molecule has 1 aliphatic heterocycles. The Labute approximate surface area is 123 Å². The topological polar surface area (TPSA) is 49.8 Å². The molecular weight excluding hydrogens is 274 g/mol. The van der Waals surface area contributed by atoms with Gasteiger partial charge in [0.15, 0.2) is 0 Å². The van der Waals surface area contributed by atoms with Gasteiger partial charge in [-0.1, -0.05) is 11.8 Å². The minimum atomic E-state index is -0.159. The summed E-state index contributed by atoms with van der Waals surface area (Å²) in [5, 5.41) is 8.66. The number of ether oxygens (including phenoxy) is 1. The van der Waals surface area contributed by atoms with Gasteiger partial charge in [-0.25, -0.2) is 0 Å². The summed E-state index contributed by atoms with van der Waals surface area (Å²) in [6.45, 7) is 2.21. The Morgan fingerprint density at radius 2 is 2.25 bits per heavy atom. The van der Waals surface area contributed by atoms with Crippen molar-refractivity contribution in [2.75, 3.05) is 33.4 Å². The van der Waals surface area contributed by atoms with Crippen LogP contribution >= 0.6 is 11.3 Å². The highest BCUT2D eigenvalue weighted by molar-refractivity contribution is 7.14. The first-order chi connectivity index (χ1) is 9.74. The van der Waals surface area contributed by atoms with Crippen LogP contribution in [0.3, 0.4) is 0 Å². The van der Waals surface area contributed by atoms with Gasteiger partial charge < -0.3 is 14.7 Å². The molecule has 0 unspecified atom stereocenters. The fraction of sp³-hybridized carbons (Fsp3) is 0.533. The smallest absolute Gasteiger partial charge is 0.263 e. The summed E-state index contributed by atoms with van der Waals surface area (Å²) in [5.41, 5.74) is 0. The summed E-state index contributed by atoms with van der Waals surface area (Å²) in [7, 11) is 1.72. The van der Waals surface area contributed by atoms with E-state index in [0.29, 0.717) is 5.92 Å². The molecule has 0 spiro atoms. The molecule has 1 aromatic heterocycles. The quantitative estimate of drug-likeness (QED) is 0.861. The molecule has 4 nitrogen and oxygen atoms in total. The highest BCUT2D eigenvalue weighted by atomic mass is 32.1. The number of aliphatic hydroxyl groups is 1. The third-order valence-electron chi connectivity index (χ3n) is 3.41. The molecule has 2 heterocycles. The zero-order valence-electron chi connectivity index (χ0n) is 11.6. The predicted molar refractivity (Wildman–Crippen MR) is 78.8 cm³/mol. The molecule has 0 saturated carbocycles. The Hall–Kier alpha value is -1.35. The molecular formula is C15H19NO3S. The molecule has 1 fully saturated rings. The van der Waals surface area contributed by atoms with Crippen LogP contribution in [-0.4, -0.2) is 49.3 Å². The monoisotopic (exact) mass is 293 g/mol. The summed E-state index contributed by atoms with van der Waals surface area (Å²) in [6.07, 6.45) is 2.00. The normalized spacial score (nSPS) is 15.8. The number of likely N-dealkylation sites (tertiary alicyclic amines) is 1. The van der Waals surface area contributed by atoms with Crippen LogP contribution in [0.5, 0.6) is 0 Å². The number of piperidine rings is 1. The number of rotatable bonds is 3. The van der Waals surface area contributed by atoms with Crippen molar-refractivity contribution in [1.82, 2.24) is 4.90 Å². The number of nitrogens with zero attached hydrogens (tertiary/aromatic N) is 1. The van der Waals surface area contributed by atoms with Crippen molar-refractivity contribution in [2.24, 2.45) is 5.92 Å². The maximum absolute atomic E-state index is 12.4. The Morgan fingerprint density at radius 3 is 2.90 bits per heavy atom. The maximum Gasteiger partial charge on any atom is 0.263 e. The maximum atomic E-state index is 12.4. The van der Waals surface area contributed by atoms with E-state index in [1.807, 2.05) is 17.0 Å². The zero-order valence-corrected chi connectivity index (χ0v) is 12.4. The molecule has 108 valence electrons. The number of carbonyl (C=O) groups excluding carboxylic acids is 1. The van der Waals surface area contributed by atoms with E-state index in [-0.39, 0.29) is 12.5 Å². The van der Waals surface area contributed by atoms with E-state index in [0.717, 1.165) is 42.3 Å². The summed E-state index contributed by atoms with van der Waals surface area (Å²) in [4.78, 5) is 15.8. The van der Waals surface area contributed by atoms with Crippen LogP contribution < -0.4 is 0 Å². The molecule has 1 amide bonds. The van der Waals surface area contributed by atoms with Crippen LogP contribution in [-0.2, 0) is 4.74 Å². The minimum absolute atomic E-state index is 0.0860. The fourth-order valence-electron chi connectivity index (χ4n) is 2.34. The van der Waals surface area contributed by atoms with Crippen LogP contribution in [0.15, 0.2) is 12.1 Å². The Kier molecular flexibility index (Phi) is 5.60. The molecule has 0 aliphatic carbocycles. The second kappa shape index (κ2) is 7.44. The average molecular weight is 293 g/mol. The van der Waals surface area contributed by atoms with E-state index < -0.39 is 0 Å². The highest BCUT2D eigenvalue weighted by Crippen LogP contribution is 2.22.